The lowest BCUT2D eigenvalue weighted by molar-refractivity contribution is 0.456. The summed E-state index contributed by atoms with van der Waals surface area (Å²) in [6.45, 7) is 0.304. The molecule has 0 aliphatic heterocycles. The van der Waals surface area contributed by atoms with Crippen molar-refractivity contribution >= 4 is 21.6 Å². The van der Waals surface area contributed by atoms with Gasteiger partial charge in [-0.3, -0.25) is 0 Å². The SMILES string of the molecule is NCc1ccc(Cl)c(S(=O)(=O)NC2C3C4CCC(C4)C23)c1. The van der Waals surface area contributed by atoms with E-state index in [1.165, 1.54) is 19.3 Å². The summed E-state index contributed by atoms with van der Waals surface area (Å²) in [5.41, 5.74) is 6.36. The van der Waals surface area contributed by atoms with Gasteiger partial charge in [0.15, 0.2) is 0 Å². The molecule has 1 aromatic carbocycles. The van der Waals surface area contributed by atoms with Crippen molar-refractivity contribution in [2.75, 3.05) is 0 Å². The molecule has 4 nitrogen and oxygen atoms in total. The van der Waals surface area contributed by atoms with Crippen LogP contribution in [0.5, 0.6) is 0 Å². The number of halogens is 1. The van der Waals surface area contributed by atoms with E-state index in [2.05, 4.69) is 4.72 Å². The summed E-state index contributed by atoms with van der Waals surface area (Å²) in [5, 5.41) is 0.258. The molecular weight excluding hydrogens is 308 g/mol. The van der Waals surface area contributed by atoms with Gasteiger partial charge in [-0.05, 0) is 60.6 Å². The molecule has 6 heteroatoms. The van der Waals surface area contributed by atoms with Crippen LogP contribution in [-0.2, 0) is 16.6 Å². The molecule has 1 aromatic rings. The van der Waals surface area contributed by atoms with Gasteiger partial charge in [-0.2, -0.15) is 0 Å². The Bertz CT molecular complexity index is 675. The van der Waals surface area contributed by atoms with Crippen molar-refractivity contribution < 1.29 is 8.42 Å². The summed E-state index contributed by atoms with van der Waals surface area (Å²) in [4.78, 5) is 0.157. The molecule has 0 spiro atoms. The molecule has 3 fully saturated rings. The van der Waals surface area contributed by atoms with Crippen LogP contribution in [0.25, 0.3) is 0 Å². The Balaban J connectivity index is 1.58. The minimum atomic E-state index is -3.56. The van der Waals surface area contributed by atoms with E-state index in [0.717, 1.165) is 17.4 Å². The smallest absolute Gasteiger partial charge is 0.242 e. The Morgan fingerprint density at radius 2 is 1.90 bits per heavy atom. The van der Waals surface area contributed by atoms with Gasteiger partial charge < -0.3 is 5.73 Å². The molecule has 4 atom stereocenters. The molecule has 0 amide bonds. The van der Waals surface area contributed by atoms with Gasteiger partial charge in [0.05, 0.1) is 5.02 Å². The van der Waals surface area contributed by atoms with Crippen LogP contribution >= 0.6 is 11.6 Å². The zero-order valence-corrected chi connectivity index (χ0v) is 13.2. The number of sulfonamides is 1. The van der Waals surface area contributed by atoms with E-state index in [1.54, 1.807) is 18.2 Å². The average Bonchev–Trinajstić information content (AvgIpc) is 2.85. The predicted octanol–water partition coefficient (Wildman–Crippen LogP) is 2.12. The monoisotopic (exact) mass is 326 g/mol. The van der Waals surface area contributed by atoms with Crippen molar-refractivity contribution in [1.82, 2.24) is 4.72 Å². The fourth-order valence-corrected chi connectivity index (χ4v) is 6.46. The summed E-state index contributed by atoms with van der Waals surface area (Å²) in [6.07, 6.45) is 3.85. The zero-order valence-electron chi connectivity index (χ0n) is 11.6. The summed E-state index contributed by atoms with van der Waals surface area (Å²) >= 11 is 6.07. The van der Waals surface area contributed by atoms with E-state index < -0.39 is 10.0 Å². The van der Waals surface area contributed by atoms with Crippen LogP contribution in [0.2, 0.25) is 5.02 Å². The Morgan fingerprint density at radius 1 is 1.24 bits per heavy atom. The molecule has 3 N–H and O–H groups in total. The first kappa shape index (κ1) is 14.0. The maximum absolute atomic E-state index is 12.6. The van der Waals surface area contributed by atoms with Crippen molar-refractivity contribution in [2.24, 2.45) is 29.4 Å². The van der Waals surface area contributed by atoms with Crippen molar-refractivity contribution in [2.45, 2.75) is 36.7 Å². The van der Waals surface area contributed by atoms with Crippen molar-refractivity contribution in [3.05, 3.63) is 28.8 Å². The molecular formula is C15H19ClN2O2S. The van der Waals surface area contributed by atoms with E-state index in [4.69, 9.17) is 17.3 Å². The minimum Gasteiger partial charge on any atom is -0.326 e. The van der Waals surface area contributed by atoms with Crippen LogP contribution in [0.4, 0.5) is 0 Å². The topological polar surface area (TPSA) is 72.2 Å². The van der Waals surface area contributed by atoms with Crippen LogP contribution in [0.3, 0.4) is 0 Å². The van der Waals surface area contributed by atoms with Gasteiger partial charge in [0, 0.05) is 12.6 Å². The number of nitrogens with one attached hydrogen (secondary N) is 1. The molecule has 21 heavy (non-hydrogen) atoms. The van der Waals surface area contributed by atoms with Gasteiger partial charge in [0.1, 0.15) is 4.90 Å². The first-order valence-electron chi connectivity index (χ1n) is 7.52. The highest BCUT2D eigenvalue weighted by Crippen LogP contribution is 2.65. The second-order valence-electron chi connectivity index (χ2n) is 6.60. The second kappa shape index (κ2) is 4.69. The van der Waals surface area contributed by atoms with Crippen molar-refractivity contribution in [3.8, 4) is 0 Å². The normalized spacial score (nSPS) is 36.8. The van der Waals surface area contributed by atoms with Gasteiger partial charge in [-0.25, -0.2) is 13.1 Å². The lowest BCUT2D eigenvalue weighted by Crippen LogP contribution is -2.30. The number of nitrogens with two attached hydrogens (primary N) is 1. The van der Waals surface area contributed by atoms with Gasteiger partial charge in [0.2, 0.25) is 10.0 Å². The largest absolute Gasteiger partial charge is 0.326 e. The lowest BCUT2D eigenvalue weighted by atomic mass is 10.0. The highest BCUT2D eigenvalue weighted by Gasteiger charge is 2.65. The molecule has 4 unspecified atom stereocenters. The van der Waals surface area contributed by atoms with E-state index >= 15 is 0 Å². The number of rotatable bonds is 4. The van der Waals surface area contributed by atoms with E-state index in [0.29, 0.717) is 18.4 Å². The van der Waals surface area contributed by atoms with Crippen LogP contribution in [0.15, 0.2) is 23.1 Å². The van der Waals surface area contributed by atoms with Gasteiger partial charge in [0.25, 0.3) is 0 Å². The third-order valence-corrected chi connectivity index (χ3v) is 7.49. The maximum atomic E-state index is 12.6. The van der Waals surface area contributed by atoms with Gasteiger partial charge in [-0.1, -0.05) is 17.7 Å². The molecule has 0 radical (unpaired) electrons. The van der Waals surface area contributed by atoms with Crippen LogP contribution in [0, 0.1) is 23.7 Å². The Hall–Kier alpha value is -0.620. The molecule has 114 valence electrons. The first-order chi connectivity index (χ1) is 10.0. The first-order valence-corrected chi connectivity index (χ1v) is 9.38. The zero-order chi connectivity index (χ0) is 14.8. The standard InChI is InChI=1S/C15H19ClN2O2S/c16-11-4-1-8(7-17)5-12(11)21(19,20)18-15-13-9-2-3-10(6-9)14(13)15/h1,4-5,9-10,13-15,18H,2-3,6-7,17H2. The van der Waals surface area contributed by atoms with Crippen molar-refractivity contribution in [1.29, 1.82) is 0 Å². The fraction of sp³-hybridized carbons (Fsp3) is 0.600. The number of hydrogen-bond donors (Lipinski definition) is 2. The molecule has 0 heterocycles. The molecule has 0 aromatic heterocycles. The van der Waals surface area contributed by atoms with E-state index in [-0.39, 0.29) is 16.0 Å². The molecule has 3 aliphatic carbocycles. The average molecular weight is 327 g/mol. The fourth-order valence-electron chi connectivity index (χ4n) is 4.61. The summed E-state index contributed by atoms with van der Waals surface area (Å²) in [7, 11) is -3.56. The number of fused-ring (bicyclic) bond motifs is 5. The van der Waals surface area contributed by atoms with Crippen LogP contribution in [-0.4, -0.2) is 14.5 Å². The van der Waals surface area contributed by atoms with Gasteiger partial charge >= 0.3 is 0 Å². The summed E-state index contributed by atoms with van der Waals surface area (Å²) in [5.74, 6) is 2.60. The van der Waals surface area contributed by atoms with Gasteiger partial charge in [-0.15, -0.1) is 0 Å². The molecule has 2 bridgehead atoms. The predicted molar refractivity (Wildman–Crippen MR) is 81.3 cm³/mol. The highest BCUT2D eigenvalue weighted by molar-refractivity contribution is 7.89. The second-order valence-corrected chi connectivity index (χ2v) is 8.69. The maximum Gasteiger partial charge on any atom is 0.242 e. The Kier molecular flexibility index (Phi) is 3.12. The van der Waals surface area contributed by atoms with Crippen LogP contribution < -0.4 is 10.5 Å². The van der Waals surface area contributed by atoms with E-state index in [9.17, 15) is 8.42 Å². The minimum absolute atomic E-state index is 0.124. The third-order valence-electron chi connectivity index (χ3n) is 5.55. The third kappa shape index (κ3) is 2.13. The summed E-state index contributed by atoms with van der Waals surface area (Å²) in [6, 6.07) is 5.07. The van der Waals surface area contributed by atoms with Crippen molar-refractivity contribution in [3.63, 3.8) is 0 Å². The van der Waals surface area contributed by atoms with E-state index in [1.807, 2.05) is 0 Å². The lowest BCUT2D eigenvalue weighted by Gasteiger charge is -2.13. The summed E-state index contributed by atoms with van der Waals surface area (Å²) < 4.78 is 28.1. The molecule has 3 saturated carbocycles. The molecule has 4 rings (SSSR count). The highest BCUT2D eigenvalue weighted by atomic mass is 35.5. The Morgan fingerprint density at radius 3 is 2.52 bits per heavy atom. The number of hydrogen-bond acceptors (Lipinski definition) is 3. The quantitative estimate of drug-likeness (QED) is 0.890. The molecule has 0 saturated heterocycles. The Labute approximate surface area is 130 Å². The molecule has 3 aliphatic rings. The van der Waals surface area contributed by atoms with Crippen LogP contribution in [0.1, 0.15) is 24.8 Å². The number of benzene rings is 1.